The Morgan fingerprint density at radius 1 is 1.00 bits per heavy atom. The molecule has 2 rings (SSSR count). The maximum atomic E-state index is 5.74. The molecule has 1 aliphatic carbocycles. The molecular weight excluding hydrogens is 162 g/mol. The largest absolute Gasteiger partial charge is 0.380 e. The van der Waals surface area contributed by atoms with Crippen LogP contribution < -0.4 is 5.32 Å². The van der Waals surface area contributed by atoms with E-state index in [4.69, 9.17) is 4.74 Å². The fourth-order valence-electron chi connectivity index (χ4n) is 2.45. The van der Waals surface area contributed by atoms with Crippen molar-refractivity contribution in [3.05, 3.63) is 0 Å². The van der Waals surface area contributed by atoms with Crippen LogP contribution >= 0.6 is 0 Å². The summed E-state index contributed by atoms with van der Waals surface area (Å²) in [6, 6.07) is 0.654. The predicted octanol–water partition coefficient (Wildman–Crippen LogP) is 1.95. The van der Waals surface area contributed by atoms with Crippen LogP contribution in [0.5, 0.6) is 0 Å². The summed E-state index contributed by atoms with van der Waals surface area (Å²) in [5.74, 6) is 0.876. The Morgan fingerprint density at radius 3 is 2.54 bits per heavy atom. The molecule has 0 spiro atoms. The van der Waals surface area contributed by atoms with Crippen molar-refractivity contribution in [2.45, 2.75) is 44.6 Å². The van der Waals surface area contributed by atoms with Crippen LogP contribution in [0.15, 0.2) is 0 Å². The van der Waals surface area contributed by atoms with E-state index < -0.39 is 0 Å². The third-order valence-corrected chi connectivity index (χ3v) is 3.31. The van der Waals surface area contributed by atoms with Gasteiger partial charge in [-0.15, -0.1) is 0 Å². The second kappa shape index (κ2) is 4.97. The van der Waals surface area contributed by atoms with Gasteiger partial charge in [-0.2, -0.15) is 0 Å². The van der Waals surface area contributed by atoms with Crippen molar-refractivity contribution >= 4 is 0 Å². The molecule has 1 saturated heterocycles. The fourth-order valence-corrected chi connectivity index (χ4v) is 2.45. The molecule has 1 atom stereocenters. The Kier molecular flexibility index (Phi) is 3.62. The molecule has 2 fully saturated rings. The van der Waals surface area contributed by atoms with Crippen LogP contribution in [0, 0.1) is 5.92 Å². The Hall–Kier alpha value is -0.0800. The van der Waals surface area contributed by atoms with Crippen LogP contribution in [0.3, 0.4) is 0 Å². The second-order valence-corrected chi connectivity index (χ2v) is 4.48. The number of hydrogen-bond donors (Lipinski definition) is 1. The van der Waals surface area contributed by atoms with Crippen LogP contribution in [-0.2, 0) is 4.74 Å². The van der Waals surface area contributed by atoms with Crippen LogP contribution in [0.1, 0.15) is 38.5 Å². The van der Waals surface area contributed by atoms with E-state index in [0.717, 1.165) is 19.1 Å². The van der Waals surface area contributed by atoms with Crippen LogP contribution in [-0.4, -0.2) is 25.8 Å². The number of rotatable bonds is 4. The third-order valence-electron chi connectivity index (χ3n) is 3.31. The first kappa shape index (κ1) is 9.47. The van der Waals surface area contributed by atoms with Gasteiger partial charge in [0, 0.05) is 12.6 Å². The zero-order valence-corrected chi connectivity index (χ0v) is 8.43. The molecule has 0 bridgehead atoms. The lowest BCUT2D eigenvalue weighted by atomic mass is 10.1. The van der Waals surface area contributed by atoms with Gasteiger partial charge in [0.15, 0.2) is 0 Å². The SMILES string of the molecule is C1CCC(COC[C@@H]2CCCN2)C1. The fraction of sp³-hybridized carbons (Fsp3) is 1.00. The van der Waals surface area contributed by atoms with Crippen LogP contribution in [0.2, 0.25) is 0 Å². The monoisotopic (exact) mass is 183 g/mol. The van der Waals surface area contributed by atoms with E-state index in [1.54, 1.807) is 0 Å². The lowest BCUT2D eigenvalue weighted by molar-refractivity contribution is 0.0867. The Balaban J connectivity index is 1.52. The molecule has 0 unspecified atom stereocenters. The summed E-state index contributed by atoms with van der Waals surface area (Å²) in [5.41, 5.74) is 0. The topological polar surface area (TPSA) is 21.3 Å². The molecular formula is C11H21NO. The van der Waals surface area contributed by atoms with Gasteiger partial charge in [0.1, 0.15) is 0 Å². The third kappa shape index (κ3) is 2.96. The average Bonchev–Trinajstić information content (AvgIpc) is 2.75. The van der Waals surface area contributed by atoms with Crippen LogP contribution in [0.4, 0.5) is 0 Å². The van der Waals surface area contributed by atoms with Crippen LogP contribution in [0.25, 0.3) is 0 Å². The maximum absolute atomic E-state index is 5.74. The van der Waals surface area contributed by atoms with Crippen molar-refractivity contribution in [1.29, 1.82) is 0 Å². The van der Waals surface area contributed by atoms with E-state index in [1.165, 1.54) is 45.1 Å². The van der Waals surface area contributed by atoms with Gasteiger partial charge in [-0.1, -0.05) is 12.8 Å². The number of hydrogen-bond acceptors (Lipinski definition) is 2. The van der Waals surface area contributed by atoms with Gasteiger partial charge in [-0.05, 0) is 38.1 Å². The molecule has 1 saturated carbocycles. The summed E-state index contributed by atoms with van der Waals surface area (Å²) in [4.78, 5) is 0. The van der Waals surface area contributed by atoms with Gasteiger partial charge < -0.3 is 10.1 Å². The van der Waals surface area contributed by atoms with Gasteiger partial charge in [0.2, 0.25) is 0 Å². The molecule has 2 aliphatic rings. The van der Waals surface area contributed by atoms with E-state index in [9.17, 15) is 0 Å². The quantitative estimate of drug-likeness (QED) is 0.719. The zero-order valence-electron chi connectivity index (χ0n) is 8.43. The molecule has 0 radical (unpaired) electrons. The summed E-state index contributed by atoms with van der Waals surface area (Å²) in [6.07, 6.45) is 8.30. The lowest BCUT2D eigenvalue weighted by Gasteiger charge is -2.13. The highest BCUT2D eigenvalue weighted by Crippen LogP contribution is 2.24. The van der Waals surface area contributed by atoms with Crippen molar-refractivity contribution in [3.8, 4) is 0 Å². The first-order valence-electron chi connectivity index (χ1n) is 5.76. The molecule has 2 heteroatoms. The summed E-state index contributed by atoms with van der Waals surface area (Å²) in [6.45, 7) is 3.14. The van der Waals surface area contributed by atoms with Gasteiger partial charge in [-0.3, -0.25) is 0 Å². The van der Waals surface area contributed by atoms with E-state index in [0.29, 0.717) is 6.04 Å². The van der Waals surface area contributed by atoms with E-state index >= 15 is 0 Å². The zero-order chi connectivity index (χ0) is 8.93. The molecule has 1 aliphatic heterocycles. The Labute approximate surface area is 81.0 Å². The maximum Gasteiger partial charge on any atom is 0.0619 e. The standard InChI is InChI=1S/C11H21NO/c1-2-5-10(4-1)8-13-9-11-6-3-7-12-11/h10-12H,1-9H2/t11-/m0/s1. The van der Waals surface area contributed by atoms with E-state index in [2.05, 4.69) is 5.32 Å². The van der Waals surface area contributed by atoms with E-state index in [-0.39, 0.29) is 0 Å². The molecule has 1 N–H and O–H groups in total. The molecule has 1 heterocycles. The summed E-state index contributed by atoms with van der Waals surface area (Å²) >= 11 is 0. The van der Waals surface area contributed by atoms with Gasteiger partial charge >= 0.3 is 0 Å². The molecule has 0 amide bonds. The molecule has 76 valence electrons. The average molecular weight is 183 g/mol. The predicted molar refractivity (Wildman–Crippen MR) is 53.8 cm³/mol. The molecule has 13 heavy (non-hydrogen) atoms. The highest BCUT2D eigenvalue weighted by molar-refractivity contribution is 4.74. The van der Waals surface area contributed by atoms with Crippen molar-refractivity contribution in [2.75, 3.05) is 19.8 Å². The molecule has 0 aromatic rings. The normalized spacial score (nSPS) is 30.0. The van der Waals surface area contributed by atoms with Gasteiger partial charge in [0.05, 0.1) is 6.61 Å². The van der Waals surface area contributed by atoms with Crippen molar-refractivity contribution < 1.29 is 4.74 Å². The number of ether oxygens (including phenoxy) is 1. The summed E-state index contributed by atoms with van der Waals surface area (Å²) in [5, 5.41) is 3.46. The first-order valence-corrected chi connectivity index (χ1v) is 5.76. The number of nitrogens with one attached hydrogen (secondary N) is 1. The second-order valence-electron chi connectivity index (χ2n) is 4.48. The summed E-state index contributed by atoms with van der Waals surface area (Å²) < 4.78 is 5.74. The minimum Gasteiger partial charge on any atom is -0.380 e. The molecule has 2 nitrogen and oxygen atoms in total. The molecule has 0 aromatic heterocycles. The Morgan fingerprint density at radius 2 is 1.85 bits per heavy atom. The summed E-state index contributed by atoms with van der Waals surface area (Å²) in [7, 11) is 0. The van der Waals surface area contributed by atoms with Crippen molar-refractivity contribution in [2.24, 2.45) is 5.92 Å². The van der Waals surface area contributed by atoms with Gasteiger partial charge in [0.25, 0.3) is 0 Å². The van der Waals surface area contributed by atoms with Gasteiger partial charge in [-0.25, -0.2) is 0 Å². The first-order chi connectivity index (χ1) is 6.45. The Bertz CT molecular complexity index is 121. The minimum absolute atomic E-state index is 0.654. The molecule has 0 aromatic carbocycles. The lowest BCUT2D eigenvalue weighted by Crippen LogP contribution is -2.27. The van der Waals surface area contributed by atoms with Crippen molar-refractivity contribution in [3.63, 3.8) is 0 Å². The highest BCUT2D eigenvalue weighted by Gasteiger charge is 2.17. The minimum atomic E-state index is 0.654. The smallest absolute Gasteiger partial charge is 0.0619 e. The van der Waals surface area contributed by atoms with Crippen molar-refractivity contribution in [1.82, 2.24) is 5.32 Å². The van der Waals surface area contributed by atoms with E-state index in [1.807, 2.05) is 0 Å². The highest BCUT2D eigenvalue weighted by atomic mass is 16.5.